The second kappa shape index (κ2) is 9.07. The van der Waals surface area contributed by atoms with Gasteiger partial charge in [-0.3, -0.25) is 0 Å². The Balaban J connectivity index is 2.07. The molecule has 0 bridgehead atoms. The number of terminal acetylenes is 1. The molecule has 0 aliphatic carbocycles. The third kappa shape index (κ3) is 5.11. The van der Waals surface area contributed by atoms with E-state index in [9.17, 15) is 4.79 Å². The highest BCUT2D eigenvalue weighted by Crippen LogP contribution is 2.23. The van der Waals surface area contributed by atoms with Gasteiger partial charge < -0.3 is 9.64 Å². The molecule has 26 heavy (non-hydrogen) atoms. The lowest BCUT2D eigenvalue weighted by Crippen LogP contribution is -2.38. The summed E-state index contributed by atoms with van der Waals surface area (Å²) >= 11 is 0. The van der Waals surface area contributed by atoms with E-state index in [1.165, 1.54) is 4.90 Å². The predicted molar refractivity (Wildman–Crippen MR) is 105 cm³/mol. The lowest BCUT2D eigenvalue weighted by Gasteiger charge is -2.23. The van der Waals surface area contributed by atoms with Crippen molar-refractivity contribution in [3.63, 3.8) is 0 Å². The molecule has 4 heteroatoms. The van der Waals surface area contributed by atoms with E-state index in [1.807, 2.05) is 69.6 Å². The average molecular weight is 350 g/mol. The van der Waals surface area contributed by atoms with Crippen molar-refractivity contribution in [2.24, 2.45) is 0 Å². The van der Waals surface area contributed by atoms with E-state index in [2.05, 4.69) is 17.9 Å². The fourth-order valence-corrected chi connectivity index (χ4v) is 2.69. The third-order valence-corrected chi connectivity index (χ3v) is 4.47. The van der Waals surface area contributed by atoms with Crippen molar-refractivity contribution in [1.29, 1.82) is 0 Å². The molecule has 0 fully saturated rings. The Morgan fingerprint density at radius 3 is 2.42 bits per heavy atom. The molecule has 0 spiro atoms. The SMILES string of the molecule is C#CN(C(=O)Oc1cccc([C@H](C)N(C)C)c1)[C@H](C)Cc1ccccc1. The minimum Gasteiger partial charge on any atom is -0.410 e. The first-order valence-corrected chi connectivity index (χ1v) is 8.70. The lowest BCUT2D eigenvalue weighted by molar-refractivity contribution is 0.161. The Hall–Kier alpha value is -2.77. The number of hydrogen-bond acceptors (Lipinski definition) is 3. The molecule has 0 N–H and O–H groups in total. The van der Waals surface area contributed by atoms with E-state index in [-0.39, 0.29) is 12.1 Å². The number of rotatable bonds is 6. The van der Waals surface area contributed by atoms with E-state index < -0.39 is 6.09 Å². The van der Waals surface area contributed by atoms with Gasteiger partial charge in [0.15, 0.2) is 0 Å². The summed E-state index contributed by atoms with van der Waals surface area (Å²) in [6.45, 7) is 4.01. The Labute approximate surface area is 156 Å². The van der Waals surface area contributed by atoms with Gasteiger partial charge in [-0.2, -0.15) is 0 Å². The summed E-state index contributed by atoms with van der Waals surface area (Å²) in [5.74, 6) is 0.494. The van der Waals surface area contributed by atoms with Crippen molar-refractivity contribution in [3.8, 4) is 18.2 Å². The highest BCUT2D eigenvalue weighted by atomic mass is 16.6. The molecule has 136 valence electrons. The van der Waals surface area contributed by atoms with Gasteiger partial charge >= 0.3 is 6.09 Å². The summed E-state index contributed by atoms with van der Waals surface area (Å²) in [4.78, 5) is 15.9. The van der Waals surface area contributed by atoms with E-state index >= 15 is 0 Å². The maximum atomic E-state index is 12.5. The van der Waals surface area contributed by atoms with Crippen LogP contribution in [0.3, 0.4) is 0 Å². The van der Waals surface area contributed by atoms with E-state index in [0.29, 0.717) is 12.2 Å². The summed E-state index contributed by atoms with van der Waals surface area (Å²) in [6.07, 6.45) is 5.70. The maximum Gasteiger partial charge on any atom is 0.427 e. The van der Waals surface area contributed by atoms with Crippen molar-refractivity contribution in [1.82, 2.24) is 9.80 Å². The molecule has 0 aromatic heterocycles. The van der Waals surface area contributed by atoms with Gasteiger partial charge in [-0.25, -0.2) is 9.69 Å². The summed E-state index contributed by atoms with van der Waals surface area (Å²) in [6, 6.07) is 20.0. The molecule has 0 aliphatic heterocycles. The van der Waals surface area contributed by atoms with Gasteiger partial charge in [-0.15, -0.1) is 0 Å². The first-order chi connectivity index (χ1) is 12.4. The van der Waals surface area contributed by atoms with Gasteiger partial charge in [0.25, 0.3) is 0 Å². The molecule has 1 amide bonds. The molecule has 0 radical (unpaired) electrons. The van der Waals surface area contributed by atoms with E-state index in [1.54, 1.807) is 6.07 Å². The fraction of sp³-hybridized carbons (Fsp3) is 0.318. The van der Waals surface area contributed by atoms with Gasteiger partial charge in [-0.1, -0.05) is 48.9 Å². The van der Waals surface area contributed by atoms with Gasteiger partial charge in [0.2, 0.25) is 0 Å². The molecule has 0 saturated carbocycles. The minimum atomic E-state index is -0.536. The summed E-state index contributed by atoms with van der Waals surface area (Å²) < 4.78 is 5.52. The van der Waals surface area contributed by atoms with Gasteiger partial charge in [0.1, 0.15) is 5.75 Å². The second-order valence-corrected chi connectivity index (χ2v) is 6.62. The van der Waals surface area contributed by atoms with Crippen LogP contribution in [0.15, 0.2) is 54.6 Å². The molecule has 4 nitrogen and oxygen atoms in total. The van der Waals surface area contributed by atoms with Crippen LogP contribution >= 0.6 is 0 Å². The standard InChI is InChI=1S/C22H26N2O2/c1-6-24(17(2)15-19-11-8-7-9-12-19)22(25)26-21-14-10-13-20(16-21)18(3)23(4)5/h1,7-14,16-18H,15H2,2-5H3/t17-,18+/m1/s1. The van der Waals surface area contributed by atoms with Crippen LogP contribution < -0.4 is 4.74 Å². The van der Waals surface area contributed by atoms with Crippen LogP contribution in [-0.4, -0.2) is 36.0 Å². The Morgan fingerprint density at radius 2 is 1.81 bits per heavy atom. The normalized spacial score (nSPS) is 12.9. The summed E-state index contributed by atoms with van der Waals surface area (Å²) in [7, 11) is 4.02. The molecular weight excluding hydrogens is 324 g/mol. The molecular formula is C22H26N2O2. The zero-order valence-corrected chi connectivity index (χ0v) is 15.8. The predicted octanol–water partition coefficient (Wildman–Crippen LogP) is 4.33. The average Bonchev–Trinajstić information content (AvgIpc) is 2.62. The lowest BCUT2D eigenvalue weighted by atomic mass is 10.1. The van der Waals surface area contributed by atoms with Crippen molar-refractivity contribution in [3.05, 3.63) is 65.7 Å². The number of ether oxygens (including phenoxy) is 1. The fourth-order valence-electron chi connectivity index (χ4n) is 2.69. The first-order valence-electron chi connectivity index (χ1n) is 8.70. The van der Waals surface area contributed by atoms with Crippen molar-refractivity contribution in [2.75, 3.05) is 14.1 Å². The van der Waals surface area contributed by atoms with Gasteiger partial charge in [0.05, 0.1) is 6.04 Å². The van der Waals surface area contributed by atoms with Crippen molar-refractivity contribution < 1.29 is 9.53 Å². The van der Waals surface area contributed by atoms with E-state index in [4.69, 9.17) is 11.2 Å². The maximum absolute atomic E-state index is 12.5. The monoisotopic (exact) mass is 350 g/mol. The van der Waals surface area contributed by atoms with Crippen LogP contribution in [0.25, 0.3) is 0 Å². The first kappa shape index (κ1) is 19.6. The highest BCUT2D eigenvalue weighted by Gasteiger charge is 2.21. The van der Waals surface area contributed by atoms with Crippen molar-refractivity contribution in [2.45, 2.75) is 32.4 Å². The smallest absolute Gasteiger partial charge is 0.410 e. The molecule has 0 heterocycles. The van der Waals surface area contributed by atoms with E-state index in [0.717, 1.165) is 11.1 Å². The van der Waals surface area contributed by atoms with Crippen LogP contribution in [0, 0.1) is 12.5 Å². The zero-order valence-electron chi connectivity index (χ0n) is 15.8. The molecule has 0 aliphatic rings. The Kier molecular flexibility index (Phi) is 6.82. The Morgan fingerprint density at radius 1 is 1.12 bits per heavy atom. The number of nitrogens with zero attached hydrogens (tertiary/aromatic N) is 2. The number of carbonyl (C=O) groups is 1. The van der Waals surface area contributed by atoms with Crippen LogP contribution in [-0.2, 0) is 6.42 Å². The largest absolute Gasteiger partial charge is 0.427 e. The van der Waals surface area contributed by atoms with Crippen molar-refractivity contribution >= 4 is 6.09 Å². The number of carbonyl (C=O) groups excluding carboxylic acids is 1. The molecule has 2 atom stereocenters. The number of benzene rings is 2. The van der Waals surface area contributed by atoms with Gasteiger partial charge in [0, 0.05) is 12.1 Å². The molecule has 2 aromatic carbocycles. The van der Waals surface area contributed by atoms with Crippen LogP contribution in [0.4, 0.5) is 4.79 Å². The van der Waals surface area contributed by atoms with Crippen LogP contribution in [0.2, 0.25) is 0 Å². The van der Waals surface area contributed by atoms with Crippen LogP contribution in [0.5, 0.6) is 5.75 Å². The molecule has 2 aromatic rings. The zero-order chi connectivity index (χ0) is 19.1. The molecule has 2 rings (SSSR count). The quantitative estimate of drug-likeness (QED) is 0.574. The van der Waals surface area contributed by atoms with Crippen LogP contribution in [0.1, 0.15) is 31.0 Å². The second-order valence-electron chi connectivity index (χ2n) is 6.62. The number of amides is 1. The molecule has 0 unspecified atom stereocenters. The number of hydrogen-bond donors (Lipinski definition) is 0. The minimum absolute atomic E-state index is 0.168. The molecule has 0 saturated heterocycles. The topological polar surface area (TPSA) is 32.8 Å². The Bertz CT molecular complexity index is 765. The highest BCUT2D eigenvalue weighted by molar-refractivity contribution is 5.73. The third-order valence-electron chi connectivity index (χ3n) is 4.47. The summed E-state index contributed by atoms with van der Waals surface area (Å²) in [5, 5.41) is 0. The summed E-state index contributed by atoms with van der Waals surface area (Å²) in [5.41, 5.74) is 2.19. The van der Waals surface area contributed by atoms with Gasteiger partial charge in [-0.05, 0) is 57.6 Å².